The molecule has 0 radical (unpaired) electrons. The minimum Gasteiger partial charge on any atom is -0.399 e. The van der Waals surface area contributed by atoms with E-state index in [0.29, 0.717) is 16.3 Å². The van der Waals surface area contributed by atoms with Gasteiger partial charge < -0.3 is 5.73 Å². The highest BCUT2D eigenvalue weighted by Gasteiger charge is 2.14. The lowest BCUT2D eigenvalue weighted by Gasteiger charge is -2.09. The van der Waals surface area contributed by atoms with Gasteiger partial charge in [0, 0.05) is 21.8 Å². The molecule has 0 aliphatic rings. The van der Waals surface area contributed by atoms with Gasteiger partial charge in [-0.1, -0.05) is 34.8 Å². The van der Waals surface area contributed by atoms with Crippen LogP contribution in [-0.2, 0) is 0 Å². The second-order valence-electron chi connectivity index (χ2n) is 3.48. The van der Waals surface area contributed by atoms with Crippen LogP contribution in [0, 0.1) is 5.82 Å². The van der Waals surface area contributed by atoms with Crippen molar-refractivity contribution in [2.45, 2.75) is 0 Å². The highest BCUT2D eigenvalue weighted by molar-refractivity contribution is 6.41. The Morgan fingerprint density at radius 2 is 1.53 bits per heavy atom. The molecule has 0 amide bonds. The van der Waals surface area contributed by atoms with E-state index in [-0.39, 0.29) is 15.6 Å². The zero-order chi connectivity index (χ0) is 12.6. The fourth-order valence-electron chi connectivity index (χ4n) is 1.53. The Bertz CT molecular complexity index is 561. The van der Waals surface area contributed by atoms with E-state index in [1.807, 2.05) is 0 Å². The minimum absolute atomic E-state index is 0.261. The van der Waals surface area contributed by atoms with Gasteiger partial charge in [0.2, 0.25) is 0 Å². The van der Waals surface area contributed by atoms with Gasteiger partial charge in [-0.3, -0.25) is 0 Å². The molecular formula is C12H7Cl3FN. The van der Waals surface area contributed by atoms with Crippen LogP contribution < -0.4 is 5.73 Å². The van der Waals surface area contributed by atoms with Gasteiger partial charge in [-0.2, -0.15) is 0 Å². The van der Waals surface area contributed by atoms with Crippen LogP contribution >= 0.6 is 34.8 Å². The van der Waals surface area contributed by atoms with Gasteiger partial charge in [-0.05, 0) is 30.3 Å². The molecular weight excluding hydrogens is 283 g/mol. The Labute approximate surface area is 113 Å². The Morgan fingerprint density at radius 1 is 0.941 bits per heavy atom. The van der Waals surface area contributed by atoms with E-state index in [0.717, 1.165) is 0 Å². The van der Waals surface area contributed by atoms with Gasteiger partial charge in [0.05, 0.1) is 10.0 Å². The molecule has 0 saturated heterocycles. The molecule has 5 heteroatoms. The smallest absolute Gasteiger partial charge is 0.131 e. The second kappa shape index (κ2) is 4.73. The molecule has 2 N–H and O–H groups in total. The molecule has 0 unspecified atom stereocenters. The maximum absolute atomic E-state index is 13.7. The average Bonchev–Trinajstić information content (AvgIpc) is 2.21. The molecule has 0 aromatic heterocycles. The van der Waals surface area contributed by atoms with Crippen LogP contribution in [-0.4, -0.2) is 0 Å². The first-order valence-corrected chi connectivity index (χ1v) is 5.82. The van der Waals surface area contributed by atoms with E-state index in [4.69, 9.17) is 40.5 Å². The van der Waals surface area contributed by atoms with E-state index in [1.165, 1.54) is 30.3 Å². The fraction of sp³-hybridized carbons (Fsp3) is 0. The molecule has 0 fully saturated rings. The quantitative estimate of drug-likeness (QED) is 0.732. The van der Waals surface area contributed by atoms with Crippen LogP contribution in [0.3, 0.4) is 0 Å². The van der Waals surface area contributed by atoms with E-state index in [9.17, 15) is 4.39 Å². The highest BCUT2D eigenvalue weighted by atomic mass is 35.5. The molecule has 0 saturated carbocycles. The first-order chi connectivity index (χ1) is 7.99. The molecule has 0 atom stereocenters. The van der Waals surface area contributed by atoms with Crippen molar-refractivity contribution in [3.63, 3.8) is 0 Å². The van der Waals surface area contributed by atoms with Crippen molar-refractivity contribution >= 4 is 40.5 Å². The maximum Gasteiger partial charge on any atom is 0.131 e. The SMILES string of the molecule is Nc1ccc(F)c(-c2c(Cl)cc(Cl)cc2Cl)c1. The first-order valence-electron chi connectivity index (χ1n) is 4.69. The molecule has 0 aliphatic carbocycles. The van der Waals surface area contributed by atoms with E-state index in [2.05, 4.69) is 0 Å². The molecule has 2 aromatic carbocycles. The van der Waals surface area contributed by atoms with Crippen molar-refractivity contribution in [2.24, 2.45) is 0 Å². The van der Waals surface area contributed by atoms with Crippen molar-refractivity contribution in [3.8, 4) is 11.1 Å². The molecule has 88 valence electrons. The number of halogens is 4. The summed E-state index contributed by atoms with van der Waals surface area (Å²) in [7, 11) is 0. The van der Waals surface area contributed by atoms with Gasteiger partial charge in [0.15, 0.2) is 0 Å². The van der Waals surface area contributed by atoms with Crippen LogP contribution in [0.5, 0.6) is 0 Å². The first kappa shape index (κ1) is 12.5. The standard InChI is InChI=1S/C12H7Cl3FN/c13-6-3-9(14)12(10(15)4-6)8-5-7(17)1-2-11(8)16/h1-5H,17H2. The summed E-state index contributed by atoms with van der Waals surface area (Å²) in [5.41, 5.74) is 6.70. The molecule has 1 nitrogen and oxygen atoms in total. The highest BCUT2D eigenvalue weighted by Crippen LogP contribution is 2.38. The van der Waals surface area contributed by atoms with Gasteiger partial charge in [-0.25, -0.2) is 4.39 Å². The topological polar surface area (TPSA) is 26.0 Å². The van der Waals surface area contributed by atoms with Crippen molar-refractivity contribution in [1.82, 2.24) is 0 Å². The number of benzene rings is 2. The number of anilines is 1. The van der Waals surface area contributed by atoms with Gasteiger partial charge in [-0.15, -0.1) is 0 Å². The number of hydrogen-bond donors (Lipinski definition) is 1. The van der Waals surface area contributed by atoms with Gasteiger partial charge in [0.1, 0.15) is 5.82 Å². The summed E-state index contributed by atoms with van der Waals surface area (Å²) in [5.74, 6) is -0.440. The van der Waals surface area contributed by atoms with Crippen molar-refractivity contribution < 1.29 is 4.39 Å². The lowest BCUT2D eigenvalue weighted by molar-refractivity contribution is 0.631. The van der Waals surface area contributed by atoms with E-state index < -0.39 is 5.82 Å². The number of rotatable bonds is 1. The molecule has 2 aromatic rings. The third-order valence-electron chi connectivity index (χ3n) is 2.27. The number of hydrogen-bond acceptors (Lipinski definition) is 1. The molecule has 0 spiro atoms. The summed E-state index contributed by atoms with van der Waals surface area (Å²) in [6.07, 6.45) is 0. The Kier molecular flexibility index (Phi) is 3.48. The summed E-state index contributed by atoms with van der Waals surface area (Å²) < 4.78 is 13.7. The molecule has 0 bridgehead atoms. The summed E-state index contributed by atoms with van der Waals surface area (Å²) >= 11 is 17.8. The summed E-state index contributed by atoms with van der Waals surface area (Å²) in [5, 5.41) is 0.965. The predicted octanol–water partition coefficient (Wildman–Crippen LogP) is 5.04. The molecule has 0 heterocycles. The number of nitrogen functional groups attached to an aromatic ring is 1. The third kappa shape index (κ3) is 2.49. The fourth-order valence-corrected chi connectivity index (χ4v) is 2.55. The largest absolute Gasteiger partial charge is 0.399 e. The third-order valence-corrected chi connectivity index (χ3v) is 3.08. The van der Waals surface area contributed by atoms with Crippen LogP contribution in [0.4, 0.5) is 10.1 Å². The Morgan fingerprint density at radius 3 is 2.12 bits per heavy atom. The van der Waals surface area contributed by atoms with Crippen molar-refractivity contribution in [1.29, 1.82) is 0 Å². The Balaban J connectivity index is 2.72. The average molecular weight is 291 g/mol. The summed E-state index contributed by atoms with van der Waals surface area (Å²) in [4.78, 5) is 0. The Hall–Kier alpha value is -0.960. The second-order valence-corrected chi connectivity index (χ2v) is 4.73. The summed E-state index contributed by atoms with van der Waals surface area (Å²) in [6, 6.07) is 7.23. The van der Waals surface area contributed by atoms with Gasteiger partial charge in [0.25, 0.3) is 0 Å². The number of nitrogens with two attached hydrogens (primary N) is 1. The maximum atomic E-state index is 13.7. The zero-order valence-corrected chi connectivity index (χ0v) is 10.7. The molecule has 0 aliphatic heterocycles. The molecule has 17 heavy (non-hydrogen) atoms. The lowest BCUT2D eigenvalue weighted by Crippen LogP contribution is -1.91. The van der Waals surface area contributed by atoms with E-state index in [1.54, 1.807) is 0 Å². The van der Waals surface area contributed by atoms with Crippen LogP contribution in [0.15, 0.2) is 30.3 Å². The van der Waals surface area contributed by atoms with Crippen LogP contribution in [0.2, 0.25) is 15.1 Å². The van der Waals surface area contributed by atoms with Crippen LogP contribution in [0.1, 0.15) is 0 Å². The zero-order valence-electron chi connectivity index (χ0n) is 8.48. The van der Waals surface area contributed by atoms with E-state index >= 15 is 0 Å². The monoisotopic (exact) mass is 289 g/mol. The normalized spacial score (nSPS) is 10.6. The lowest BCUT2D eigenvalue weighted by atomic mass is 10.0. The molecule has 2 rings (SSSR count). The van der Waals surface area contributed by atoms with Crippen LogP contribution in [0.25, 0.3) is 11.1 Å². The van der Waals surface area contributed by atoms with Crippen molar-refractivity contribution in [3.05, 3.63) is 51.2 Å². The predicted molar refractivity (Wildman–Crippen MR) is 71.3 cm³/mol. The minimum atomic E-state index is -0.440. The van der Waals surface area contributed by atoms with Gasteiger partial charge >= 0.3 is 0 Å². The van der Waals surface area contributed by atoms with Crippen molar-refractivity contribution in [2.75, 3.05) is 5.73 Å². The summed E-state index contributed by atoms with van der Waals surface area (Å²) in [6.45, 7) is 0.